The van der Waals surface area contributed by atoms with E-state index in [1.165, 1.54) is 0 Å². The molecule has 0 aliphatic rings. The summed E-state index contributed by atoms with van der Waals surface area (Å²) < 4.78 is 0.984. The van der Waals surface area contributed by atoms with Gasteiger partial charge in [0.2, 0.25) is 0 Å². The lowest BCUT2D eigenvalue weighted by atomic mass is 10.1. The van der Waals surface area contributed by atoms with Crippen molar-refractivity contribution in [2.24, 2.45) is 0 Å². The predicted octanol–water partition coefficient (Wildman–Crippen LogP) is -1.92. The summed E-state index contributed by atoms with van der Waals surface area (Å²) in [5.41, 5.74) is -3.57. The number of fused-ring (bicyclic) bond motifs is 2. The molecule has 10 heteroatoms. The number of aromatic nitrogens is 2. The predicted molar refractivity (Wildman–Crippen MR) is 80.2 cm³/mol. The fourth-order valence-corrected chi connectivity index (χ4v) is 2.63. The zero-order chi connectivity index (χ0) is 17.8. The Morgan fingerprint density at radius 3 is 1.12 bits per heavy atom. The number of benzene rings is 1. The van der Waals surface area contributed by atoms with Crippen LogP contribution in [0.15, 0.2) is 31.3 Å². The molecular formula is C14H8N2O8. The van der Waals surface area contributed by atoms with Crippen LogP contribution in [0.5, 0.6) is 0 Å². The average Bonchev–Trinajstić information content (AvgIpc) is 2.86. The van der Waals surface area contributed by atoms with Gasteiger partial charge in [-0.1, -0.05) is 0 Å². The van der Waals surface area contributed by atoms with Gasteiger partial charge in [-0.25, -0.2) is 0 Å². The minimum Gasteiger partial charge on any atom is -0.480 e. The van der Waals surface area contributed by atoms with Crippen LogP contribution in [0.2, 0.25) is 0 Å². The van der Waals surface area contributed by atoms with E-state index in [1.807, 2.05) is 0 Å². The molecule has 0 saturated heterocycles. The van der Waals surface area contributed by atoms with Crippen LogP contribution in [0, 0.1) is 0 Å². The van der Waals surface area contributed by atoms with Crippen LogP contribution in [0.4, 0.5) is 0 Å². The Labute approximate surface area is 130 Å². The average molecular weight is 332 g/mol. The van der Waals surface area contributed by atoms with E-state index in [9.17, 15) is 28.8 Å². The van der Waals surface area contributed by atoms with E-state index in [0.29, 0.717) is 9.13 Å². The molecule has 10 nitrogen and oxygen atoms in total. The van der Waals surface area contributed by atoms with Gasteiger partial charge in [0.15, 0.2) is 0 Å². The maximum atomic E-state index is 12.1. The standard InChI is InChI=1S/C14H8N2O8/c17-9(18)3-15-11(21)5-1-6-8(2-7(5)13(15)23)14(24)16(12(6)22)4-10(19)20/h1-2H,3-4H2,(H,17,18)(H,19,20). The van der Waals surface area contributed by atoms with E-state index >= 15 is 0 Å². The molecule has 1 aromatic carbocycles. The van der Waals surface area contributed by atoms with Crippen molar-refractivity contribution >= 4 is 33.5 Å². The molecule has 0 bridgehead atoms. The summed E-state index contributed by atoms with van der Waals surface area (Å²) in [6.45, 7) is -1.69. The Kier molecular flexibility index (Phi) is 3.18. The summed E-state index contributed by atoms with van der Waals surface area (Å²) in [5, 5.41) is 16.7. The van der Waals surface area contributed by atoms with Crippen molar-refractivity contribution in [2.45, 2.75) is 13.1 Å². The number of carboxylic acid groups (broad SMARTS) is 2. The van der Waals surface area contributed by atoms with Gasteiger partial charge in [-0.05, 0) is 12.1 Å². The van der Waals surface area contributed by atoms with Gasteiger partial charge in [0.25, 0.3) is 22.2 Å². The Morgan fingerprint density at radius 2 is 0.917 bits per heavy atom. The first-order valence-corrected chi connectivity index (χ1v) is 6.56. The van der Waals surface area contributed by atoms with Gasteiger partial charge in [-0.3, -0.25) is 37.9 Å². The normalized spacial score (nSPS) is 11.3. The van der Waals surface area contributed by atoms with E-state index in [2.05, 4.69) is 0 Å². The third-order valence-electron chi connectivity index (χ3n) is 3.65. The van der Waals surface area contributed by atoms with Crippen LogP contribution >= 0.6 is 0 Å². The molecule has 3 rings (SSSR count). The van der Waals surface area contributed by atoms with Gasteiger partial charge in [-0.15, -0.1) is 0 Å². The maximum absolute atomic E-state index is 12.1. The zero-order valence-electron chi connectivity index (χ0n) is 11.8. The Balaban J connectivity index is 2.43. The van der Waals surface area contributed by atoms with Gasteiger partial charge in [0, 0.05) is 0 Å². The molecule has 24 heavy (non-hydrogen) atoms. The summed E-state index contributed by atoms with van der Waals surface area (Å²) in [7, 11) is 0. The topological polar surface area (TPSA) is 153 Å². The number of hydrogen-bond donors (Lipinski definition) is 2. The minimum absolute atomic E-state index is 0.196. The Morgan fingerprint density at radius 1 is 0.667 bits per heavy atom. The number of nitrogens with zero attached hydrogens (tertiary/aromatic N) is 2. The van der Waals surface area contributed by atoms with Crippen LogP contribution in [-0.4, -0.2) is 31.3 Å². The molecule has 0 saturated carbocycles. The van der Waals surface area contributed by atoms with E-state index in [-0.39, 0.29) is 21.5 Å². The molecule has 0 spiro atoms. The lowest BCUT2D eigenvalue weighted by molar-refractivity contribution is -0.138. The molecule has 0 aliphatic carbocycles. The molecule has 2 heterocycles. The second kappa shape index (κ2) is 4.98. The van der Waals surface area contributed by atoms with Crippen molar-refractivity contribution in [3.63, 3.8) is 0 Å². The molecule has 3 aromatic rings. The van der Waals surface area contributed by atoms with E-state index in [1.54, 1.807) is 0 Å². The summed E-state index contributed by atoms with van der Waals surface area (Å²) in [6.07, 6.45) is 0. The van der Waals surface area contributed by atoms with Crippen LogP contribution in [-0.2, 0) is 22.7 Å². The summed E-state index contributed by atoms with van der Waals surface area (Å²) >= 11 is 0. The van der Waals surface area contributed by atoms with Crippen LogP contribution in [0.25, 0.3) is 21.5 Å². The van der Waals surface area contributed by atoms with Crippen molar-refractivity contribution in [3.05, 3.63) is 53.5 Å². The molecule has 0 fully saturated rings. The second-order valence-electron chi connectivity index (χ2n) is 5.12. The monoisotopic (exact) mass is 332 g/mol. The van der Waals surface area contributed by atoms with E-state index in [0.717, 1.165) is 12.1 Å². The highest BCUT2D eigenvalue weighted by atomic mass is 16.4. The lowest BCUT2D eigenvalue weighted by Crippen LogP contribution is -2.29. The van der Waals surface area contributed by atoms with Gasteiger partial charge >= 0.3 is 11.9 Å². The zero-order valence-corrected chi connectivity index (χ0v) is 11.8. The fraction of sp³-hybridized carbons (Fsp3) is 0.143. The highest BCUT2D eigenvalue weighted by molar-refractivity contribution is 5.98. The van der Waals surface area contributed by atoms with Crippen molar-refractivity contribution in [2.75, 3.05) is 0 Å². The number of rotatable bonds is 4. The largest absolute Gasteiger partial charge is 0.480 e. The van der Waals surface area contributed by atoms with Gasteiger partial charge in [0.05, 0.1) is 21.5 Å². The Bertz CT molecular complexity index is 1060. The Hall–Kier alpha value is -3.56. The number of carbonyl (C=O) groups is 2. The molecule has 0 atom stereocenters. The number of carboxylic acids is 2. The van der Waals surface area contributed by atoms with Gasteiger partial charge < -0.3 is 10.2 Å². The fourth-order valence-electron chi connectivity index (χ4n) is 2.63. The summed E-state index contributed by atoms with van der Waals surface area (Å²) in [5.74, 6) is -2.78. The summed E-state index contributed by atoms with van der Waals surface area (Å²) in [6, 6.07) is 2.05. The first-order chi connectivity index (χ1) is 11.2. The third-order valence-corrected chi connectivity index (χ3v) is 3.65. The second-order valence-corrected chi connectivity index (χ2v) is 5.12. The van der Waals surface area contributed by atoms with Gasteiger partial charge in [0.1, 0.15) is 13.1 Å². The third kappa shape index (κ3) is 2.04. The molecule has 122 valence electrons. The highest BCUT2D eigenvalue weighted by Gasteiger charge is 2.20. The number of hydrogen-bond acceptors (Lipinski definition) is 6. The van der Waals surface area contributed by atoms with Crippen molar-refractivity contribution in [1.82, 2.24) is 9.13 Å². The maximum Gasteiger partial charge on any atom is 0.323 e. The SMILES string of the molecule is O=C(O)Cn1c(=O)c2cc3c(=O)n(CC(=O)O)c(=O)c3cc2c1=O. The van der Waals surface area contributed by atoms with E-state index < -0.39 is 47.3 Å². The van der Waals surface area contributed by atoms with Crippen LogP contribution < -0.4 is 22.2 Å². The summed E-state index contributed by atoms with van der Waals surface area (Å²) in [4.78, 5) is 70.0. The van der Waals surface area contributed by atoms with E-state index in [4.69, 9.17) is 10.2 Å². The minimum atomic E-state index is -1.39. The lowest BCUT2D eigenvalue weighted by Gasteiger charge is -1.92. The molecule has 0 aliphatic heterocycles. The highest BCUT2D eigenvalue weighted by Crippen LogP contribution is 2.14. The van der Waals surface area contributed by atoms with Crippen LogP contribution in [0.1, 0.15) is 0 Å². The van der Waals surface area contributed by atoms with Crippen molar-refractivity contribution in [1.29, 1.82) is 0 Å². The molecule has 2 aromatic heterocycles. The first-order valence-electron chi connectivity index (χ1n) is 6.56. The van der Waals surface area contributed by atoms with Crippen molar-refractivity contribution in [3.8, 4) is 0 Å². The quantitative estimate of drug-likeness (QED) is 0.561. The van der Waals surface area contributed by atoms with Crippen LogP contribution in [0.3, 0.4) is 0 Å². The molecule has 0 unspecified atom stereocenters. The molecule has 2 N–H and O–H groups in total. The van der Waals surface area contributed by atoms with Gasteiger partial charge in [-0.2, -0.15) is 0 Å². The molecule has 0 amide bonds. The first kappa shape index (κ1) is 15.3. The molecule has 0 radical (unpaired) electrons. The molecular weight excluding hydrogens is 324 g/mol. The number of aliphatic carboxylic acids is 2. The smallest absolute Gasteiger partial charge is 0.323 e. The van der Waals surface area contributed by atoms with Crippen molar-refractivity contribution < 1.29 is 19.8 Å².